The maximum absolute atomic E-state index is 9.88. The Morgan fingerprint density at radius 1 is 1.00 bits per heavy atom. The first-order chi connectivity index (χ1) is 8.11. The van der Waals surface area contributed by atoms with Crippen molar-refractivity contribution < 1.29 is 14.6 Å². The Labute approximate surface area is 108 Å². The largest absolute Gasteiger partial charge is 0.507 e. The van der Waals surface area contributed by atoms with Crippen LogP contribution in [0.3, 0.4) is 0 Å². The number of phenolic OH excluding ortho intramolecular Hbond substituents is 1. The fraction of sp³-hybridized carbons (Fsp3) is 0.167. The minimum atomic E-state index is 0.0659. The Hall–Kier alpha value is -1.32. The van der Waals surface area contributed by atoms with Gasteiger partial charge in [-0.1, -0.05) is 35.3 Å². The van der Waals surface area contributed by atoms with Crippen LogP contribution in [0.4, 0.5) is 0 Å². The summed E-state index contributed by atoms with van der Waals surface area (Å²) in [7, 11) is 2.96. The molecule has 0 heterocycles. The van der Waals surface area contributed by atoms with Gasteiger partial charge in [0.05, 0.1) is 19.6 Å². The van der Waals surface area contributed by atoms with Gasteiger partial charge in [0.1, 0.15) is 21.5 Å². The predicted octanol–water partition coefficient (Wildman–Crippen LogP) is 3.87. The molecule has 5 heteroatoms. The Bertz CT molecular complexity index is 582. The molecule has 1 N–H and O–H groups in total. The number of ether oxygens (including phenoxy) is 2. The number of fused-ring (bicyclic) bond motifs is 1. The SMILES string of the molecule is COc1c(Cl)c(Cl)c(OC)c2c(O)cccc12. The maximum Gasteiger partial charge on any atom is 0.150 e. The van der Waals surface area contributed by atoms with E-state index in [-0.39, 0.29) is 15.8 Å². The van der Waals surface area contributed by atoms with Gasteiger partial charge in [-0.2, -0.15) is 0 Å². The summed E-state index contributed by atoms with van der Waals surface area (Å²) in [5, 5.41) is 11.5. The van der Waals surface area contributed by atoms with Crippen LogP contribution in [-0.2, 0) is 0 Å². The van der Waals surface area contributed by atoms with Gasteiger partial charge in [0, 0.05) is 5.39 Å². The number of phenols is 1. The van der Waals surface area contributed by atoms with Crippen molar-refractivity contribution >= 4 is 34.0 Å². The summed E-state index contributed by atoms with van der Waals surface area (Å²) in [5.41, 5.74) is 0. The van der Waals surface area contributed by atoms with E-state index in [0.717, 1.165) is 0 Å². The zero-order valence-electron chi connectivity index (χ0n) is 9.25. The Balaban J connectivity index is 3.02. The first-order valence-corrected chi connectivity index (χ1v) is 5.58. The number of methoxy groups -OCH3 is 2. The summed E-state index contributed by atoms with van der Waals surface area (Å²) in [5.74, 6) is 0.824. The van der Waals surface area contributed by atoms with E-state index in [1.54, 1.807) is 18.2 Å². The first-order valence-electron chi connectivity index (χ1n) is 4.82. The van der Waals surface area contributed by atoms with Crippen LogP contribution in [0.5, 0.6) is 17.2 Å². The molecule has 3 nitrogen and oxygen atoms in total. The number of aromatic hydroxyl groups is 1. The third-order valence-corrected chi connectivity index (χ3v) is 3.33. The zero-order chi connectivity index (χ0) is 12.6. The van der Waals surface area contributed by atoms with Gasteiger partial charge in [0.25, 0.3) is 0 Å². The highest BCUT2D eigenvalue weighted by Crippen LogP contribution is 2.48. The van der Waals surface area contributed by atoms with Crippen LogP contribution < -0.4 is 9.47 Å². The predicted molar refractivity (Wildman–Crippen MR) is 68.7 cm³/mol. The molecule has 0 spiro atoms. The molecule has 0 atom stereocenters. The van der Waals surface area contributed by atoms with Crippen LogP contribution in [0, 0.1) is 0 Å². The molecule has 0 aliphatic carbocycles. The van der Waals surface area contributed by atoms with E-state index >= 15 is 0 Å². The summed E-state index contributed by atoms with van der Waals surface area (Å²) in [4.78, 5) is 0. The molecule has 0 aromatic heterocycles. The van der Waals surface area contributed by atoms with E-state index in [2.05, 4.69) is 0 Å². The number of halogens is 2. The molecule has 0 aliphatic heterocycles. The third-order valence-electron chi connectivity index (χ3n) is 2.51. The number of hydrogen-bond donors (Lipinski definition) is 1. The van der Waals surface area contributed by atoms with Gasteiger partial charge in [-0.15, -0.1) is 0 Å². The quantitative estimate of drug-likeness (QED) is 0.902. The molecule has 0 amide bonds. The number of benzene rings is 2. The number of hydrogen-bond acceptors (Lipinski definition) is 3. The second-order valence-electron chi connectivity index (χ2n) is 3.39. The lowest BCUT2D eigenvalue weighted by Gasteiger charge is -2.14. The third kappa shape index (κ3) is 1.75. The molecule has 0 radical (unpaired) electrons. The maximum atomic E-state index is 9.88. The zero-order valence-corrected chi connectivity index (χ0v) is 10.8. The fourth-order valence-corrected chi connectivity index (χ4v) is 2.31. The van der Waals surface area contributed by atoms with E-state index in [1.165, 1.54) is 14.2 Å². The molecular weight excluding hydrogens is 263 g/mol. The molecule has 0 saturated carbocycles. The topological polar surface area (TPSA) is 38.7 Å². The van der Waals surface area contributed by atoms with Crippen LogP contribution in [0.1, 0.15) is 0 Å². The molecule has 0 fully saturated rings. The lowest BCUT2D eigenvalue weighted by molar-refractivity contribution is 0.408. The van der Waals surface area contributed by atoms with E-state index < -0.39 is 0 Å². The molecule has 2 aromatic carbocycles. The monoisotopic (exact) mass is 272 g/mol. The van der Waals surface area contributed by atoms with Crippen LogP contribution in [0.2, 0.25) is 10.0 Å². The molecule has 17 heavy (non-hydrogen) atoms. The highest BCUT2D eigenvalue weighted by Gasteiger charge is 2.20. The van der Waals surface area contributed by atoms with Gasteiger partial charge in [0.2, 0.25) is 0 Å². The normalized spacial score (nSPS) is 10.6. The van der Waals surface area contributed by atoms with Crippen molar-refractivity contribution in [2.24, 2.45) is 0 Å². The van der Waals surface area contributed by atoms with E-state index in [4.69, 9.17) is 32.7 Å². The van der Waals surface area contributed by atoms with Gasteiger partial charge < -0.3 is 14.6 Å². The molecular formula is C12H10Cl2O3. The summed E-state index contributed by atoms with van der Waals surface area (Å²) in [6, 6.07) is 5.02. The van der Waals surface area contributed by atoms with Gasteiger partial charge in [-0.05, 0) is 6.07 Å². The van der Waals surface area contributed by atoms with Crippen LogP contribution in [0.15, 0.2) is 18.2 Å². The van der Waals surface area contributed by atoms with Crippen molar-refractivity contribution in [1.82, 2.24) is 0 Å². The highest BCUT2D eigenvalue weighted by molar-refractivity contribution is 6.45. The van der Waals surface area contributed by atoms with E-state index in [1.807, 2.05) is 0 Å². The molecule has 90 valence electrons. The lowest BCUT2D eigenvalue weighted by Crippen LogP contribution is -1.93. The molecule has 2 aromatic rings. The Kier molecular flexibility index (Phi) is 3.22. The van der Waals surface area contributed by atoms with Crippen LogP contribution in [0.25, 0.3) is 10.8 Å². The fourth-order valence-electron chi connectivity index (χ4n) is 1.79. The van der Waals surface area contributed by atoms with Crippen molar-refractivity contribution in [2.45, 2.75) is 0 Å². The van der Waals surface area contributed by atoms with Crippen molar-refractivity contribution in [3.63, 3.8) is 0 Å². The second kappa shape index (κ2) is 4.51. The van der Waals surface area contributed by atoms with Gasteiger partial charge in [-0.25, -0.2) is 0 Å². The summed E-state index contributed by atoms with van der Waals surface area (Å²) < 4.78 is 10.4. The van der Waals surface area contributed by atoms with Crippen LogP contribution in [-0.4, -0.2) is 19.3 Å². The molecule has 0 aliphatic rings. The minimum absolute atomic E-state index is 0.0659. The van der Waals surface area contributed by atoms with Crippen molar-refractivity contribution in [3.8, 4) is 17.2 Å². The van der Waals surface area contributed by atoms with E-state index in [9.17, 15) is 5.11 Å². The smallest absolute Gasteiger partial charge is 0.150 e. The van der Waals surface area contributed by atoms with E-state index in [0.29, 0.717) is 22.3 Å². The summed E-state index contributed by atoms with van der Waals surface area (Å²) in [6.07, 6.45) is 0. The standard InChI is InChI=1S/C12H10Cl2O3/c1-16-11-6-4-3-5-7(15)8(6)12(17-2)10(14)9(11)13/h3-5,15H,1-2H3. The average Bonchev–Trinajstić information content (AvgIpc) is 2.32. The van der Waals surface area contributed by atoms with Gasteiger partial charge in [0.15, 0.2) is 5.75 Å². The Morgan fingerprint density at radius 2 is 1.59 bits per heavy atom. The van der Waals surface area contributed by atoms with Crippen molar-refractivity contribution in [2.75, 3.05) is 14.2 Å². The number of rotatable bonds is 2. The first kappa shape index (κ1) is 12.1. The minimum Gasteiger partial charge on any atom is -0.507 e. The summed E-state index contributed by atoms with van der Waals surface area (Å²) >= 11 is 12.2. The summed E-state index contributed by atoms with van der Waals surface area (Å²) in [6.45, 7) is 0. The highest BCUT2D eigenvalue weighted by atomic mass is 35.5. The second-order valence-corrected chi connectivity index (χ2v) is 4.15. The average molecular weight is 273 g/mol. The molecule has 0 unspecified atom stereocenters. The van der Waals surface area contributed by atoms with Crippen molar-refractivity contribution in [3.05, 3.63) is 28.2 Å². The molecule has 2 rings (SSSR count). The van der Waals surface area contributed by atoms with Gasteiger partial charge >= 0.3 is 0 Å². The van der Waals surface area contributed by atoms with Crippen molar-refractivity contribution in [1.29, 1.82) is 0 Å². The lowest BCUT2D eigenvalue weighted by atomic mass is 10.1. The molecule has 0 bridgehead atoms. The van der Waals surface area contributed by atoms with Gasteiger partial charge in [-0.3, -0.25) is 0 Å². The van der Waals surface area contributed by atoms with Crippen LogP contribution >= 0.6 is 23.2 Å². The Morgan fingerprint density at radius 3 is 2.18 bits per heavy atom. The molecule has 0 saturated heterocycles.